The maximum atomic E-state index is 13.0. The van der Waals surface area contributed by atoms with Crippen molar-refractivity contribution in [2.24, 2.45) is 11.1 Å². The molecule has 0 saturated carbocycles. The zero-order valence-electron chi connectivity index (χ0n) is 10.8. The second kappa shape index (κ2) is 5.83. The topological polar surface area (TPSA) is 26.0 Å². The first-order valence-corrected chi connectivity index (χ1v) is 6.38. The van der Waals surface area contributed by atoms with Crippen LogP contribution in [-0.2, 0) is 6.42 Å². The molecule has 96 valence electrons. The lowest BCUT2D eigenvalue weighted by Gasteiger charge is -2.27. The van der Waals surface area contributed by atoms with E-state index < -0.39 is 0 Å². The molecular formula is C14H21ClFN. The van der Waals surface area contributed by atoms with E-state index >= 15 is 0 Å². The third-order valence-electron chi connectivity index (χ3n) is 3.08. The summed E-state index contributed by atoms with van der Waals surface area (Å²) in [5.74, 6) is -0.232. The van der Waals surface area contributed by atoms with Crippen molar-refractivity contribution in [3.63, 3.8) is 0 Å². The highest BCUT2D eigenvalue weighted by Crippen LogP contribution is 2.23. The first kappa shape index (κ1) is 14.5. The number of hydrogen-bond donors (Lipinski definition) is 1. The lowest BCUT2D eigenvalue weighted by atomic mass is 9.84. The molecule has 1 atom stereocenters. The molecule has 1 aromatic rings. The zero-order valence-corrected chi connectivity index (χ0v) is 11.5. The molecule has 1 aromatic carbocycles. The molecule has 17 heavy (non-hydrogen) atoms. The van der Waals surface area contributed by atoms with Gasteiger partial charge < -0.3 is 5.73 Å². The minimum Gasteiger partial charge on any atom is -0.327 e. The molecule has 0 spiro atoms. The highest BCUT2D eigenvalue weighted by atomic mass is 35.5. The third kappa shape index (κ3) is 4.64. The monoisotopic (exact) mass is 257 g/mol. The summed E-state index contributed by atoms with van der Waals surface area (Å²) in [5, 5.41) is 0.635. The predicted octanol–water partition coefficient (Wildman–Crippen LogP) is 4.18. The van der Waals surface area contributed by atoms with Gasteiger partial charge in [0.15, 0.2) is 0 Å². The van der Waals surface area contributed by atoms with E-state index in [-0.39, 0.29) is 17.3 Å². The molecule has 0 amide bonds. The van der Waals surface area contributed by atoms with E-state index in [0.717, 1.165) is 24.8 Å². The Kier molecular flexibility index (Phi) is 4.96. The van der Waals surface area contributed by atoms with Gasteiger partial charge in [0, 0.05) is 11.1 Å². The minimum atomic E-state index is -0.232. The largest absolute Gasteiger partial charge is 0.327 e. The SMILES string of the molecule is CC(C)(C)C(N)CCCc1cc(F)ccc1Cl. The Morgan fingerprint density at radius 1 is 1.35 bits per heavy atom. The van der Waals surface area contributed by atoms with Crippen LogP contribution in [0.3, 0.4) is 0 Å². The lowest BCUT2D eigenvalue weighted by molar-refractivity contribution is 0.301. The van der Waals surface area contributed by atoms with Crippen molar-refractivity contribution in [3.05, 3.63) is 34.6 Å². The number of nitrogens with two attached hydrogens (primary N) is 1. The molecule has 1 unspecified atom stereocenters. The van der Waals surface area contributed by atoms with Gasteiger partial charge in [0.1, 0.15) is 5.82 Å². The van der Waals surface area contributed by atoms with Crippen LogP contribution in [0.2, 0.25) is 5.02 Å². The Morgan fingerprint density at radius 3 is 2.59 bits per heavy atom. The van der Waals surface area contributed by atoms with Gasteiger partial charge in [-0.25, -0.2) is 4.39 Å². The Labute approximate surface area is 108 Å². The molecule has 1 rings (SSSR count). The Balaban J connectivity index is 2.49. The summed E-state index contributed by atoms with van der Waals surface area (Å²) in [7, 11) is 0. The van der Waals surface area contributed by atoms with Crippen LogP contribution in [0, 0.1) is 11.2 Å². The summed E-state index contributed by atoms with van der Waals surface area (Å²) in [6.45, 7) is 6.40. The number of benzene rings is 1. The van der Waals surface area contributed by atoms with Gasteiger partial charge >= 0.3 is 0 Å². The molecule has 0 heterocycles. The van der Waals surface area contributed by atoms with Gasteiger partial charge in [-0.2, -0.15) is 0 Å². The molecule has 0 aliphatic rings. The van der Waals surface area contributed by atoms with Crippen LogP contribution in [0.25, 0.3) is 0 Å². The highest BCUT2D eigenvalue weighted by Gasteiger charge is 2.19. The molecule has 3 heteroatoms. The van der Waals surface area contributed by atoms with Gasteiger partial charge in [-0.1, -0.05) is 32.4 Å². The van der Waals surface area contributed by atoms with E-state index in [4.69, 9.17) is 17.3 Å². The minimum absolute atomic E-state index is 0.117. The van der Waals surface area contributed by atoms with Crippen LogP contribution in [0.1, 0.15) is 39.2 Å². The van der Waals surface area contributed by atoms with E-state index in [2.05, 4.69) is 20.8 Å². The summed E-state index contributed by atoms with van der Waals surface area (Å²) in [6, 6.07) is 4.66. The molecule has 0 fully saturated rings. The maximum Gasteiger partial charge on any atom is 0.123 e. The van der Waals surface area contributed by atoms with Crippen molar-refractivity contribution in [3.8, 4) is 0 Å². The van der Waals surface area contributed by atoms with Gasteiger partial charge in [-0.15, -0.1) is 0 Å². The first-order chi connectivity index (χ1) is 7.80. The zero-order chi connectivity index (χ0) is 13.1. The van der Waals surface area contributed by atoms with Gasteiger partial charge in [-0.3, -0.25) is 0 Å². The molecule has 0 aliphatic heterocycles. The van der Waals surface area contributed by atoms with Crippen LogP contribution in [0.15, 0.2) is 18.2 Å². The number of halogens is 2. The number of aryl methyl sites for hydroxylation is 1. The molecule has 0 bridgehead atoms. The third-order valence-corrected chi connectivity index (χ3v) is 3.45. The number of hydrogen-bond acceptors (Lipinski definition) is 1. The Hall–Kier alpha value is -0.600. The summed E-state index contributed by atoms with van der Waals surface area (Å²) in [6.07, 6.45) is 2.64. The van der Waals surface area contributed by atoms with Crippen LogP contribution in [0.5, 0.6) is 0 Å². The van der Waals surface area contributed by atoms with Gasteiger partial charge in [0.05, 0.1) is 0 Å². The fourth-order valence-electron chi connectivity index (χ4n) is 1.68. The van der Waals surface area contributed by atoms with Gasteiger partial charge in [0.2, 0.25) is 0 Å². The summed E-state index contributed by atoms with van der Waals surface area (Å²) in [4.78, 5) is 0. The smallest absolute Gasteiger partial charge is 0.123 e. The van der Waals surface area contributed by atoms with E-state index in [1.165, 1.54) is 12.1 Å². The molecule has 0 saturated heterocycles. The van der Waals surface area contributed by atoms with Gasteiger partial charge in [-0.05, 0) is 48.4 Å². The Bertz CT molecular complexity index is 371. The lowest BCUT2D eigenvalue weighted by Crippen LogP contribution is -2.34. The van der Waals surface area contributed by atoms with E-state index in [0.29, 0.717) is 5.02 Å². The van der Waals surface area contributed by atoms with Crippen LogP contribution < -0.4 is 5.73 Å². The molecule has 0 radical (unpaired) electrons. The maximum absolute atomic E-state index is 13.0. The standard InChI is InChI=1S/C14H21ClFN/c1-14(2,3)13(17)6-4-5-10-9-11(16)7-8-12(10)15/h7-9,13H,4-6,17H2,1-3H3. The van der Waals surface area contributed by atoms with Crippen molar-refractivity contribution in [2.75, 3.05) is 0 Å². The molecule has 2 N–H and O–H groups in total. The van der Waals surface area contributed by atoms with Crippen molar-refractivity contribution in [2.45, 2.75) is 46.1 Å². The average molecular weight is 258 g/mol. The van der Waals surface area contributed by atoms with Crippen molar-refractivity contribution in [1.82, 2.24) is 0 Å². The average Bonchev–Trinajstić information content (AvgIpc) is 2.21. The summed E-state index contributed by atoms with van der Waals surface area (Å²) >= 11 is 6.00. The molecular weight excluding hydrogens is 237 g/mol. The quantitative estimate of drug-likeness (QED) is 0.861. The molecule has 0 aromatic heterocycles. The van der Waals surface area contributed by atoms with Crippen molar-refractivity contribution in [1.29, 1.82) is 0 Å². The number of rotatable bonds is 4. The highest BCUT2D eigenvalue weighted by molar-refractivity contribution is 6.31. The fraction of sp³-hybridized carbons (Fsp3) is 0.571. The van der Waals surface area contributed by atoms with Gasteiger partial charge in [0.25, 0.3) is 0 Å². The summed E-state index contributed by atoms with van der Waals surface area (Å²) in [5.41, 5.74) is 7.06. The van der Waals surface area contributed by atoms with Crippen LogP contribution in [0.4, 0.5) is 4.39 Å². The Morgan fingerprint density at radius 2 is 2.00 bits per heavy atom. The van der Waals surface area contributed by atoms with Crippen LogP contribution >= 0.6 is 11.6 Å². The second-order valence-corrected chi connectivity index (χ2v) is 6.01. The van der Waals surface area contributed by atoms with E-state index in [1.807, 2.05) is 0 Å². The second-order valence-electron chi connectivity index (χ2n) is 5.60. The molecule has 0 aliphatic carbocycles. The van der Waals surface area contributed by atoms with Crippen LogP contribution in [-0.4, -0.2) is 6.04 Å². The van der Waals surface area contributed by atoms with Crippen molar-refractivity contribution >= 4 is 11.6 Å². The molecule has 1 nitrogen and oxygen atoms in total. The fourth-order valence-corrected chi connectivity index (χ4v) is 1.89. The van der Waals surface area contributed by atoms with Crippen molar-refractivity contribution < 1.29 is 4.39 Å². The van der Waals surface area contributed by atoms with E-state index in [1.54, 1.807) is 6.07 Å². The predicted molar refractivity (Wildman–Crippen MR) is 71.8 cm³/mol. The van der Waals surface area contributed by atoms with E-state index in [9.17, 15) is 4.39 Å². The first-order valence-electron chi connectivity index (χ1n) is 6.00. The summed E-state index contributed by atoms with van der Waals surface area (Å²) < 4.78 is 13.0. The normalized spacial score (nSPS) is 13.8.